The molecule has 0 bridgehead atoms. The second-order valence-electron chi connectivity index (χ2n) is 21.9. The Hall–Kier alpha value is -5.58. The average Bonchev–Trinajstić information content (AvgIpc) is 3.59. The van der Waals surface area contributed by atoms with Crippen LogP contribution in [0.3, 0.4) is 0 Å². The first-order valence-electron chi connectivity index (χ1n) is 22.5. The van der Waals surface area contributed by atoms with Gasteiger partial charge in [-0.05, 0) is 121 Å². The first kappa shape index (κ1) is 40.5. The molecule has 0 atom stereocenters. The van der Waals surface area contributed by atoms with E-state index in [1.807, 2.05) is 11.3 Å². The zero-order valence-electron chi connectivity index (χ0n) is 38.7. The van der Waals surface area contributed by atoms with E-state index in [0.717, 1.165) is 0 Å². The summed E-state index contributed by atoms with van der Waals surface area (Å²) >= 11 is 1.91. The molecule has 1 aromatic heterocycles. The van der Waals surface area contributed by atoms with Crippen LogP contribution < -0.4 is 20.6 Å². The van der Waals surface area contributed by atoms with Crippen molar-refractivity contribution < 1.29 is 0 Å². The van der Waals surface area contributed by atoms with Gasteiger partial charge in [0.25, 0.3) is 0 Å². The van der Waals surface area contributed by atoms with Gasteiger partial charge in [0.15, 0.2) is 0 Å². The van der Waals surface area contributed by atoms with Crippen LogP contribution in [0.2, 0.25) is 0 Å². The number of nitrogens with zero attached hydrogens (tertiary/aromatic N) is 2. The molecule has 0 fully saturated rings. The topological polar surface area (TPSA) is 6.48 Å². The molecule has 2 aliphatic rings. The van der Waals surface area contributed by atoms with Crippen LogP contribution in [0.5, 0.6) is 0 Å². The normalized spacial score (nSPS) is 14.0. The molecule has 10 rings (SSSR count). The molecule has 0 unspecified atom stereocenters. The van der Waals surface area contributed by atoms with Crippen molar-refractivity contribution >= 4 is 77.7 Å². The van der Waals surface area contributed by atoms with E-state index < -0.39 is 0 Å². The van der Waals surface area contributed by atoms with Gasteiger partial charge in [-0.1, -0.05) is 168 Å². The molecule has 0 aliphatic carbocycles. The lowest BCUT2D eigenvalue weighted by atomic mass is 9.43. The van der Waals surface area contributed by atoms with Crippen LogP contribution in [0.25, 0.3) is 42.4 Å². The Morgan fingerprint density at radius 3 is 1.61 bits per heavy atom. The van der Waals surface area contributed by atoms with Gasteiger partial charge in [0.2, 0.25) is 0 Å². The molecule has 0 spiro atoms. The standard InChI is InChI=1S/C58H59BN2S/c1-55(2,3)37-22-26-41(27-23-37)61-49-29-25-39(57(7,8)9)31-44(49)46-32-40(58(10,11)12)33-51-54(46)59(61)47-34-45-42-20-16-17-21-52(42)62-53(45)35-50(47)60(51)48-28-24-38(56(4,5)6)30-43(48)36-18-14-13-15-19-36/h13-35H,1-12H3. The molecule has 0 saturated carbocycles. The van der Waals surface area contributed by atoms with Gasteiger partial charge in [0.05, 0.1) is 5.69 Å². The Kier molecular flexibility index (Phi) is 9.12. The maximum Gasteiger partial charge on any atom is 0.333 e. The van der Waals surface area contributed by atoms with Crippen LogP contribution in [0, 0.1) is 0 Å². The molecule has 62 heavy (non-hydrogen) atoms. The van der Waals surface area contributed by atoms with Crippen LogP contribution in [0.15, 0.2) is 140 Å². The van der Waals surface area contributed by atoms with E-state index in [1.165, 1.54) is 104 Å². The smallest absolute Gasteiger partial charge is 0.333 e. The number of thiophene rings is 1. The predicted octanol–water partition coefficient (Wildman–Crippen LogP) is 15.6. The number of benzene rings is 7. The molecule has 0 N–H and O–H groups in total. The van der Waals surface area contributed by atoms with Gasteiger partial charge in [-0.15, -0.1) is 11.3 Å². The van der Waals surface area contributed by atoms with E-state index in [4.69, 9.17) is 0 Å². The van der Waals surface area contributed by atoms with E-state index in [0.29, 0.717) is 0 Å². The highest BCUT2D eigenvalue weighted by atomic mass is 32.1. The van der Waals surface area contributed by atoms with Gasteiger partial charge >= 0.3 is 6.85 Å². The lowest BCUT2D eigenvalue weighted by molar-refractivity contribution is 0.589. The van der Waals surface area contributed by atoms with E-state index in [9.17, 15) is 0 Å². The number of hydrogen-bond donors (Lipinski definition) is 0. The van der Waals surface area contributed by atoms with Gasteiger partial charge in [0, 0.05) is 54.0 Å². The third-order valence-electron chi connectivity index (χ3n) is 13.5. The van der Waals surface area contributed by atoms with Gasteiger partial charge in [-0.3, -0.25) is 0 Å². The van der Waals surface area contributed by atoms with E-state index in [2.05, 4.69) is 232 Å². The Balaban J connectivity index is 1.38. The molecule has 310 valence electrons. The van der Waals surface area contributed by atoms with Gasteiger partial charge in [-0.2, -0.15) is 0 Å². The first-order valence-corrected chi connectivity index (χ1v) is 23.3. The Morgan fingerprint density at radius 2 is 0.968 bits per heavy atom. The Labute approximate surface area is 374 Å². The van der Waals surface area contributed by atoms with Crippen LogP contribution in [-0.4, -0.2) is 6.85 Å². The monoisotopic (exact) mass is 826 g/mol. The van der Waals surface area contributed by atoms with Crippen molar-refractivity contribution in [3.8, 4) is 22.3 Å². The van der Waals surface area contributed by atoms with E-state index in [1.54, 1.807) is 0 Å². The van der Waals surface area contributed by atoms with Crippen molar-refractivity contribution in [1.29, 1.82) is 0 Å². The Morgan fingerprint density at radius 1 is 0.403 bits per heavy atom. The van der Waals surface area contributed by atoms with Crippen molar-refractivity contribution in [2.24, 2.45) is 0 Å². The van der Waals surface area contributed by atoms with Gasteiger partial charge < -0.3 is 9.71 Å². The zero-order chi connectivity index (χ0) is 43.7. The number of anilines is 5. The molecule has 0 saturated heterocycles. The molecule has 2 nitrogen and oxygen atoms in total. The fourth-order valence-corrected chi connectivity index (χ4v) is 10.9. The minimum atomic E-state index is -0.0948. The van der Waals surface area contributed by atoms with Crippen molar-refractivity contribution in [3.05, 3.63) is 162 Å². The zero-order valence-corrected chi connectivity index (χ0v) is 39.5. The number of rotatable bonds is 3. The van der Waals surface area contributed by atoms with Crippen LogP contribution in [0.1, 0.15) is 105 Å². The largest absolute Gasteiger partial charge is 0.376 e. The predicted molar refractivity (Wildman–Crippen MR) is 273 cm³/mol. The molecule has 0 amide bonds. The molecule has 0 radical (unpaired) electrons. The second kappa shape index (κ2) is 14.0. The van der Waals surface area contributed by atoms with Crippen molar-refractivity contribution in [2.75, 3.05) is 9.71 Å². The summed E-state index contributed by atoms with van der Waals surface area (Å²) in [6, 6.07) is 54.2. The van der Waals surface area contributed by atoms with E-state index >= 15 is 0 Å². The maximum absolute atomic E-state index is 2.67. The highest BCUT2D eigenvalue weighted by Gasteiger charge is 2.46. The molecule has 2 aliphatic heterocycles. The SMILES string of the molecule is CC(C)(C)c1ccc(N2B3c4cc5c(cc4N(c4ccc(C(C)(C)C)cc4-c4ccccc4)c4cc(C(C)(C)C)cc(c43)-c3cc(C(C)(C)C)ccc32)sc2ccccc25)cc1. The molecule has 4 heteroatoms. The average molecular weight is 827 g/mol. The van der Waals surface area contributed by atoms with Crippen molar-refractivity contribution in [1.82, 2.24) is 0 Å². The Bertz CT molecular complexity index is 3050. The number of hydrogen-bond acceptors (Lipinski definition) is 3. The van der Waals surface area contributed by atoms with E-state index in [-0.39, 0.29) is 28.5 Å². The highest BCUT2D eigenvalue weighted by molar-refractivity contribution is 7.26. The summed E-state index contributed by atoms with van der Waals surface area (Å²) in [5.41, 5.74) is 19.2. The summed E-state index contributed by atoms with van der Waals surface area (Å²) in [4.78, 5) is 5.33. The maximum atomic E-state index is 2.67. The summed E-state index contributed by atoms with van der Waals surface area (Å²) < 4.78 is 2.63. The second-order valence-corrected chi connectivity index (χ2v) is 23.0. The van der Waals surface area contributed by atoms with Crippen LogP contribution in [-0.2, 0) is 21.7 Å². The lowest BCUT2D eigenvalue weighted by Gasteiger charge is -2.47. The summed E-state index contributed by atoms with van der Waals surface area (Å²) in [5.74, 6) is 0. The van der Waals surface area contributed by atoms with Crippen molar-refractivity contribution in [3.63, 3.8) is 0 Å². The fraction of sp³-hybridized carbons (Fsp3) is 0.276. The van der Waals surface area contributed by atoms with Crippen molar-refractivity contribution in [2.45, 2.75) is 105 Å². The molecular formula is C58H59BN2S. The summed E-state index contributed by atoms with van der Waals surface area (Å²) in [5, 5.41) is 2.64. The quantitative estimate of drug-likeness (QED) is 0.164. The third-order valence-corrected chi connectivity index (χ3v) is 14.6. The lowest BCUT2D eigenvalue weighted by Crippen LogP contribution is -2.61. The van der Waals surface area contributed by atoms with Crippen LogP contribution >= 0.6 is 11.3 Å². The summed E-state index contributed by atoms with van der Waals surface area (Å²) in [7, 11) is 0. The molecule has 7 aromatic carbocycles. The number of fused-ring (bicyclic) bond motifs is 7. The van der Waals surface area contributed by atoms with Crippen LogP contribution in [0.4, 0.5) is 28.4 Å². The molecule has 3 heterocycles. The molecule has 8 aromatic rings. The highest BCUT2D eigenvalue weighted by Crippen LogP contribution is 2.52. The summed E-state index contributed by atoms with van der Waals surface area (Å²) in [6.45, 7) is 27.9. The first-order chi connectivity index (χ1) is 29.3. The minimum absolute atomic E-state index is 0.0149. The van der Waals surface area contributed by atoms with Gasteiger partial charge in [-0.25, -0.2) is 0 Å². The minimum Gasteiger partial charge on any atom is -0.376 e. The van der Waals surface area contributed by atoms with Gasteiger partial charge in [0.1, 0.15) is 0 Å². The third kappa shape index (κ3) is 6.60. The summed E-state index contributed by atoms with van der Waals surface area (Å²) in [6.07, 6.45) is 0. The molecular weight excluding hydrogens is 768 g/mol. The fourth-order valence-electron chi connectivity index (χ4n) is 9.79.